The molecule has 4 heteroatoms. The zero-order valence-electron chi connectivity index (χ0n) is 11.6. The minimum Gasteiger partial charge on any atom is -0.481 e. The van der Waals surface area contributed by atoms with Crippen molar-refractivity contribution in [2.45, 2.75) is 26.3 Å². The molecule has 2 rings (SSSR count). The highest BCUT2D eigenvalue weighted by Gasteiger charge is 2.25. The number of aryl methyl sites for hydroxylation is 2. The molecule has 19 heavy (non-hydrogen) atoms. The average molecular weight is 263 g/mol. The fraction of sp³-hybridized carbons (Fsp3) is 0.533. The van der Waals surface area contributed by atoms with Crippen molar-refractivity contribution in [1.82, 2.24) is 4.90 Å². The van der Waals surface area contributed by atoms with Gasteiger partial charge in [-0.15, -0.1) is 0 Å². The van der Waals surface area contributed by atoms with Gasteiger partial charge in [0, 0.05) is 19.1 Å². The SMILES string of the molecule is Cc1ccc(C(CC(=O)O)N2CCOCC2)c(C)c1. The zero-order chi connectivity index (χ0) is 13.8. The lowest BCUT2D eigenvalue weighted by molar-refractivity contribution is -0.139. The number of morpholine rings is 1. The average Bonchev–Trinajstić information content (AvgIpc) is 2.37. The van der Waals surface area contributed by atoms with Crippen molar-refractivity contribution in [1.29, 1.82) is 0 Å². The Labute approximate surface area is 114 Å². The Morgan fingerprint density at radius 2 is 2.05 bits per heavy atom. The smallest absolute Gasteiger partial charge is 0.305 e. The lowest BCUT2D eigenvalue weighted by Crippen LogP contribution is -2.40. The number of ether oxygens (including phenoxy) is 1. The van der Waals surface area contributed by atoms with E-state index in [1.54, 1.807) is 0 Å². The number of rotatable bonds is 4. The van der Waals surface area contributed by atoms with Crippen molar-refractivity contribution in [2.24, 2.45) is 0 Å². The Morgan fingerprint density at radius 1 is 1.37 bits per heavy atom. The van der Waals surface area contributed by atoms with E-state index in [2.05, 4.69) is 36.9 Å². The van der Waals surface area contributed by atoms with Gasteiger partial charge in [0.25, 0.3) is 0 Å². The van der Waals surface area contributed by atoms with Crippen LogP contribution in [0.4, 0.5) is 0 Å². The first-order valence-electron chi connectivity index (χ1n) is 6.68. The molecular formula is C15H21NO3. The minimum absolute atomic E-state index is 0.0537. The highest BCUT2D eigenvalue weighted by Crippen LogP contribution is 2.28. The van der Waals surface area contributed by atoms with Crippen LogP contribution in [0.3, 0.4) is 0 Å². The summed E-state index contributed by atoms with van der Waals surface area (Å²) in [5.41, 5.74) is 3.49. The van der Waals surface area contributed by atoms with Crippen LogP contribution in [0.2, 0.25) is 0 Å². The van der Waals surface area contributed by atoms with Gasteiger partial charge in [-0.2, -0.15) is 0 Å². The molecule has 4 nitrogen and oxygen atoms in total. The molecule has 1 N–H and O–H groups in total. The van der Waals surface area contributed by atoms with Gasteiger partial charge in [0.05, 0.1) is 19.6 Å². The summed E-state index contributed by atoms with van der Waals surface area (Å²) in [5, 5.41) is 9.16. The van der Waals surface area contributed by atoms with Crippen LogP contribution < -0.4 is 0 Å². The number of carbonyl (C=O) groups is 1. The van der Waals surface area contributed by atoms with Gasteiger partial charge in [0.2, 0.25) is 0 Å². The number of hydrogen-bond acceptors (Lipinski definition) is 3. The summed E-state index contributed by atoms with van der Waals surface area (Å²) in [7, 11) is 0. The van der Waals surface area contributed by atoms with Gasteiger partial charge in [0.1, 0.15) is 0 Å². The molecule has 1 aliphatic rings. The highest BCUT2D eigenvalue weighted by atomic mass is 16.5. The Morgan fingerprint density at radius 3 is 2.63 bits per heavy atom. The summed E-state index contributed by atoms with van der Waals surface area (Å²) in [4.78, 5) is 13.4. The zero-order valence-corrected chi connectivity index (χ0v) is 11.6. The highest BCUT2D eigenvalue weighted by molar-refractivity contribution is 5.68. The fourth-order valence-corrected chi connectivity index (χ4v) is 2.69. The van der Waals surface area contributed by atoms with Crippen LogP contribution in [0.1, 0.15) is 29.2 Å². The molecule has 0 spiro atoms. The van der Waals surface area contributed by atoms with E-state index in [0.717, 1.165) is 24.2 Å². The molecule has 1 aromatic rings. The van der Waals surface area contributed by atoms with Crippen LogP contribution in [0.5, 0.6) is 0 Å². The van der Waals surface area contributed by atoms with Gasteiger partial charge < -0.3 is 9.84 Å². The number of nitrogens with zero attached hydrogens (tertiary/aromatic N) is 1. The Balaban J connectivity index is 2.27. The second-order valence-electron chi connectivity index (χ2n) is 5.12. The van der Waals surface area contributed by atoms with E-state index >= 15 is 0 Å². The summed E-state index contributed by atoms with van der Waals surface area (Å²) in [6.45, 7) is 7.06. The summed E-state index contributed by atoms with van der Waals surface area (Å²) in [6, 6.07) is 6.18. The predicted molar refractivity (Wildman–Crippen MR) is 73.3 cm³/mol. The Kier molecular flexibility index (Phi) is 4.56. The van der Waals surface area contributed by atoms with Crippen LogP contribution in [-0.2, 0) is 9.53 Å². The lowest BCUT2D eigenvalue weighted by Gasteiger charge is -2.34. The lowest BCUT2D eigenvalue weighted by atomic mass is 9.95. The standard InChI is InChI=1S/C15H21NO3/c1-11-3-4-13(12(2)9-11)14(10-15(17)18)16-5-7-19-8-6-16/h3-4,9,14H,5-8,10H2,1-2H3,(H,17,18). The van der Waals surface area contributed by atoms with Crippen LogP contribution in [0, 0.1) is 13.8 Å². The maximum absolute atomic E-state index is 11.1. The second kappa shape index (κ2) is 6.17. The van der Waals surface area contributed by atoms with Gasteiger partial charge in [-0.3, -0.25) is 9.69 Å². The van der Waals surface area contributed by atoms with E-state index in [4.69, 9.17) is 9.84 Å². The quantitative estimate of drug-likeness (QED) is 0.904. The molecule has 1 unspecified atom stereocenters. The van der Waals surface area contributed by atoms with Crippen LogP contribution in [-0.4, -0.2) is 42.3 Å². The third kappa shape index (κ3) is 3.55. The number of aliphatic carboxylic acids is 1. The second-order valence-corrected chi connectivity index (χ2v) is 5.12. The first kappa shape index (κ1) is 14.0. The monoisotopic (exact) mass is 263 g/mol. The molecule has 1 saturated heterocycles. The third-order valence-corrected chi connectivity index (χ3v) is 3.64. The molecule has 0 bridgehead atoms. The van der Waals surface area contributed by atoms with E-state index < -0.39 is 5.97 Å². The van der Waals surface area contributed by atoms with Crippen molar-refractivity contribution in [2.75, 3.05) is 26.3 Å². The van der Waals surface area contributed by atoms with Crippen LogP contribution in [0.25, 0.3) is 0 Å². The Bertz CT molecular complexity index is 453. The number of carboxylic acid groups (broad SMARTS) is 1. The van der Waals surface area contributed by atoms with Gasteiger partial charge in [-0.25, -0.2) is 0 Å². The van der Waals surface area contributed by atoms with Crippen molar-refractivity contribution < 1.29 is 14.6 Å². The molecule has 104 valence electrons. The van der Waals surface area contributed by atoms with Gasteiger partial charge in [-0.1, -0.05) is 23.8 Å². The fourth-order valence-electron chi connectivity index (χ4n) is 2.69. The molecule has 0 amide bonds. The van der Waals surface area contributed by atoms with Crippen molar-refractivity contribution >= 4 is 5.97 Å². The molecule has 1 aliphatic heterocycles. The third-order valence-electron chi connectivity index (χ3n) is 3.64. The molecule has 0 saturated carbocycles. The summed E-state index contributed by atoms with van der Waals surface area (Å²) < 4.78 is 5.35. The van der Waals surface area contributed by atoms with Gasteiger partial charge >= 0.3 is 5.97 Å². The largest absolute Gasteiger partial charge is 0.481 e. The first-order valence-corrected chi connectivity index (χ1v) is 6.68. The van der Waals surface area contributed by atoms with E-state index in [-0.39, 0.29) is 12.5 Å². The summed E-state index contributed by atoms with van der Waals surface area (Å²) >= 11 is 0. The van der Waals surface area contributed by atoms with Crippen molar-refractivity contribution in [3.8, 4) is 0 Å². The van der Waals surface area contributed by atoms with Crippen molar-refractivity contribution in [3.05, 3.63) is 34.9 Å². The maximum Gasteiger partial charge on any atom is 0.305 e. The molecule has 1 atom stereocenters. The number of hydrogen-bond donors (Lipinski definition) is 1. The number of benzene rings is 1. The van der Waals surface area contributed by atoms with Crippen LogP contribution >= 0.6 is 0 Å². The first-order chi connectivity index (χ1) is 9.08. The topological polar surface area (TPSA) is 49.8 Å². The molecule has 1 heterocycles. The van der Waals surface area contributed by atoms with Crippen molar-refractivity contribution in [3.63, 3.8) is 0 Å². The van der Waals surface area contributed by atoms with Gasteiger partial charge in [0.15, 0.2) is 0 Å². The minimum atomic E-state index is -0.753. The molecule has 0 radical (unpaired) electrons. The van der Waals surface area contributed by atoms with E-state index in [9.17, 15) is 4.79 Å². The molecule has 1 fully saturated rings. The van der Waals surface area contributed by atoms with Crippen LogP contribution in [0.15, 0.2) is 18.2 Å². The molecule has 0 aromatic heterocycles. The summed E-state index contributed by atoms with van der Waals surface area (Å²) in [6.07, 6.45) is 0.143. The maximum atomic E-state index is 11.1. The molecular weight excluding hydrogens is 242 g/mol. The van der Waals surface area contributed by atoms with E-state index in [0.29, 0.717) is 13.2 Å². The van der Waals surface area contributed by atoms with E-state index in [1.165, 1.54) is 5.56 Å². The van der Waals surface area contributed by atoms with Gasteiger partial charge in [-0.05, 0) is 25.0 Å². The predicted octanol–water partition coefficient (Wildman–Crippen LogP) is 2.15. The number of carboxylic acids is 1. The molecule has 0 aliphatic carbocycles. The summed E-state index contributed by atoms with van der Waals surface area (Å²) in [5.74, 6) is -0.753. The van der Waals surface area contributed by atoms with E-state index in [1.807, 2.05) is 0 Å². The normalized spacial score (nSPS) is 18.2. The molecule has 1 aromatic carbocycles. The Hall–Kier alpha value is -1.39.